The molecule has 0 saturated carbocycles. The highest BCUT2D eigenvalue weighted by atomic mass is 127. The first kappa shape index (κ1) is 18.1. The average molecular weight is 627 g/mol. The fourth-order valence-corrected chi connectivity index (χ4v) is 4.73. The van der Waals surface area contributed by atoms with Crippen molar-refractivity contribution in [2.24, 2.45) is 0 Å². The van der Waals surface area contributed by atoms with Crippen LogP contribution in [0.2, 0.25) is 0 Å². The molecule has 1 saturated heterocycles. The highest BCUT2D eigenvalue weighted by Gasteiger charge is 2.33. The maximum atomic E-state index is 12.7. The molecule has 1 heterocycles. The third kappa shape index (κ3) is 4.64. The zero-order valence-corrected chi connectivity index (χ0v) is 18.0. The van der Waals surface area contributed by atoms with E-state index in [0.29, 0.717) is 38.2 Å². The maximum absolute atomic E-state index is 12.7. The molecule has 0 radical (unpaired) electrons. The van der Waals surface area contributed by atoms with Crippen LogP contribution in [0.1, 0.15) is 23.2 Å². The molecule has 7 heteroatoms. The van der Waals surface area contributed by atoms with Crippen LogP contribution >= 0.6 is 67.8 Å². The van der Waals surface area contributed by atoms with Crippen molar-refractivity contribution >= 4 is 73.7 Å². The van der Waals surface area contributed by atoms with Gasteiger partial charge in [0.2, 0.25) is 0 Å². The van der Waals surface area contributed by atoms with Crippen LogP contribution in [-0.2, 0) is 4.74 Å². The lowest BCUT2D eigenvalue weighted by atomic mass is 9.94. The van der Waals surface area contributed by atoms with Gasteiger partial charge in [-0.3, -0.25) is 4.79 Å². The summed E-state index contributed by atoms with van der Waals surface area (Å²) in [6.07, 6.45) is 1.15. The van der Waals surface area contributed by atoms with Crippen molar-refractivity contribution in [3.63, 3.8) is 0 Å². The maximum Gasteiger partial charge on any atom is 0.254 e. The Morgan fingerprint density at radius 2 is 1.95 bits per heavy atom. The number of hydrogen-bond acceptors (Lipinski definition) is 3. The van der Waals surface area contributed by atoms with Gasteiger partial charge in [-0.15, -0.1) is 0 Å². The highest BCUT2D eigenvalue weighted by Crippen LogP contribution is 2.26. The van der Waals surface area contributed by atoms with Gasteiger partial charge in [-0.25, -0.2) is 0 Å². The molecule has 1 N–H and O–H groups in total. The number of rotatable bonds is 3. The van der Waals surface area contributed by atoms with Crippen LogP contribution in [0.4, 0.5) is 0 Å². The summed E-state index contributed by atoms with van der Waals surface area (Å²) < 4.78 is 8.35. The van der Waals surface area contributed by atoms with Crippen molar-refractivity contribution in [1.29, 1.82) is 0 Å². The molecule has 0 unspecified atom stereocenters. The second-order valence-electron chi connectivity index (χ2n) is 5.25. The Balaban J connectivity index is 2.16. The number of aliphatic hydroxyl groups is 1. The van der Waals surface area contributed by atoms with E-state index in [1.807, 2.05) is 12.1 Å². The first-order valence-electron chi connectivity index (χ1n) is 6.52. The van der Waals surface area contributed by atoms with Crippen molar-refractivity contribution in [1.82, 2.24) is 4.90 Å². The third-order valence-corrected chi connectivity index (χ3v) is 7.19. The lowest BCUT2D eigenvalue weighted by Crippen LogP contribution is -2.47. The van der Waals surface area contributed by atoms with Gasteiger partial charge in [-0.2, -0.15) is 0 Å². The summed E-state index contributed by atoms with van der Waals surface area (Å²) in [5.41, 5.74) is -0.131. The van der Waals surface area contributed by atoms with Gasteiger partial charge < -0.3 is 14.7 Å². The van der Waals surface area contributed by atoms with Crippen LogP contribution < -0.4 is 0 Å². The van der Waals surface area contributed by atoms with Crippen LogP contribution in [0, 0.1) is 10.7 Å². The highest BCUT2D eigenvalue weighted by molar-refractivity contribution is 14.1. The smallest absolute Gasteiger partial charge is 0.254 e. The summed E-state index contributed by atoms with van der Waals surface area (Å²) in [7, 11) is 1.75. The summed E-state index contributed by atoms with van der Waals surface area (Å²) >= 11 is 6.66. The second-order valence-corrected chi connectivity index (χ2v) is 8.73. The van der Waals surface area contributed by atoms with E-state index in [9.17, 15) is 9.90 Å². The number of hydrogen-bond donors (Lipinski definition) is 1. The Kier molecular flexibility index (Phi) is 6.55. The molecule has 21 heavy (non-hydrogen) atoms. The number of ether oxygens (including phenoxy) is 1. The molecule has 116 valence electrons. The fourth-order valence-electron chi connectivity index (χ4n) is 2.34. The van der Waals surface area contributed by atoms with Gasteiger partial charge in [0.25, 0.3) is 5.91 Å². The minimum absolute atomic E-state index is 0.0456. The molecule has 0 aromatic heterocycles. The van der Waals surface area contributed by atoms with Crippen LogP contribution in [0.5, 0.6) is 0 Å². The Morgan fingerprint density at radius 1 is 1.33 bits per heavy atom. The molecular formula is C14H16I3NO3. The van der Waals surface area contributed by atoms with E-state index >= 15 is 0 Å². The number of likely N-dealkylation sites (N-methyl/N-ethyl adjacent to an activating group) is 1. The lowest BCUT2D eigenvalue weighted by molar-refractivity contribution is -0.0734. The van der Waals surface area contributed by atoms with Crippen molar-refractivity contribution in [2.45, 2.75) is 18.4 Å². The summed E-state index contributed by atoms with van der Waals surface area (Å²) in [5.74, 6) is -0.0456. The van der Waals surface area contributed by atoms with Crippen LogP contribution in [0.15, 0.2) is 12.1 Å². The van der Waals surface area contributed by atoms with Crippen LogP contribution in [0.3, 0.4) is 0 Å². The van der Waals surface area contributed by atoms with Crippen molar-refractivity contribution < 1.29 is 14.6 Å². The first-order valence-corrected chi connectivity index (χ1v) is 9.76. The van der Waals surface area contributed by atoms with Gasteiger partial charge in [0.1, 0.15) is 0 Å². The average Bonchev–Trinajstić information content (AvgIpc) is 2.42. The predicted molar refractivity (Wildman–Crippen MR) is 107 cm³/mol. The molecule has 1 aromatic carbocycles. The van der Waals surface area contributed by atoms with Crippen molar-refractivity contribution in [3.8, 4) is 0 Å². The first-order chi connectivity index (χ1) is 9.82. The van der Waals surface area contributed by atoms with E-state index < -0.39 is 5.60 Å². The molecule has 0 bridgehead atoms. The normalized spacial score (nSPS) is 17.6. The van der Waals surface area contributed by atoms with E-state index in [0.717, 1.165) is 10.7 Å². The molecule has 1 aliphatic heterocycles. The second kappa shape index (κ2) is 7.58. The number of carbonyl (C=O) groups is 1. The van der Waals surface area contributed by atoms with Gasteiger partial charge in [-0.05, 0) is 79.9 Å². The molecule has 2 rings (SSSR count). The van der Waals surface area contributed by atoms with Gasteiger partial charge >= 0.3 is 0 Å². The largest absolute Gasteiger partial charge is 0.388 e. The van der Waals surface area contributed by atoms with E-state index in [2.05, 4.69) is 67.8 Å². The lowest BCUT2D eigenvalue weighted by Gasteiger charge is -2.35. The summed E-state index contributed by atoms with van der Waals surface area (Å²) in [5, 5.41) is 10.5. The van der Waals surface area contributed by atoms with Crippen LogP contribution in [0.25, 0.3) is 0 Å². The number of carbonyl (C=O) groups excluding carboxylic acids is 1. The summed E-state index contributed by atoms with van der Waals surface area (Å²) in [6.45, 7) is 1.45. The SMILES string of the molecule is CN(CC1(O)CCOCC1)C(=O)c1cc(I)cc(I)c1I. The molecule has 4 nitrogen and oxygen atoms in total. The van der Waals surface area contributed by atoms with E-state index in [1.54, 1.807) is 11.9 Å². The molecule has 0 spiro atoms. The zero-order valence-electron chi connectivity index (χ0n) is 11.5. The van der Waals surface area contributed by atoms with Crippen molar-refractivity contribution in [3.05, 3.63) is 28.4 Å². The standard InChI is InChI=1S/C14H16I3NO3/c1-18(8-14(20)2-4-21-5-3-14)13(19)10-6-9(15)7-11(16)12(10)17/h6-7,20H,2-5,8H2,1H3. The molecule has 1 fully saturated rings. The number of halogens is 3. The molecule has 1 amide bonds. The van der Waals surface area contributed by atoms with E-state index in [4.69, 9.17) is 4.74 Å². The van der Waals surface area contributed by atoms with Gasteiger partial charge in [0.15, 0.2) is 0 Å². The minimum Gasteiger partial charge on any atom is -0.388 e. The van der Waals surface area contributed by atoms with Gasteiger partial charge in [0.05, 0.1) is 11.2 Å². The number of amides is 1. The van der Waals surface area contributed by atoms with E-state index in [1.165, 1.54) is 0 Å². The predicted octanol–water partition coefficient (Wildman–Crippen LogP) is 3.11. The third-order valence-electron chi connectivity index (χ3n) is 3.53. The van der Waals surface area contributed by atoms with Crippen molar-refractivity contribution in [2.75, 3.05) is 26.8 Å². The molecule has 1 aliphatic rings. The van der Waals surface area contributed by atoms with Gasteiger partial charge in [-0.1, -0.05) is 0 Å². The van der Waals surface area contributed by atoms with Gasteiger partial charge in [0, 0.05) is 50.4 Å². The molecule has 0 aliphatic carbocycles. The molecule has 0 atom stereocenters. The zero-order chi connectivity index (χ0) is 15.6. The Morgan fingerprint density at radius 3 is 2.57 bits per heavy atom. The Hall–Kier alpha value is 0.800. The quantitative estimate of drug-likeness (QED) is 0.415. The summed E-state index contributed by atoms with van der Waals surface area (Å²) in [6, 6.07) is 3.95. The molecular weight excluding hydrogens is 611 g/mol. The number of benzene rings is 1. The monoisotopic (exact) mass is 627 g/mol. The summed E-state index contributed by atoms with van der Waals surface area (Å²) in [4.78, 5) is 14.3. The van der Waals surface area contributed by atoms with E-state index in [-0.39, 0.29) is 5.91 Å². The molecule has 1 aromatic rings. The number of nitrogens with zero attached hydrogens (tertiary/aromatic N) is 1. The van der Waals surface area contributed by atoms with Crippen LogP contribution in [-0.4, -0.2) is 48.3 Å². The minimum atomic E-state index is -0.830. The Labute approximate surface area is 165 Å². The Bertz CT molecular complexity index is 545. The fraction of sp³-hybridized carbons (Fsp3) is 0.500. The topological polar surface area (TPSA) is 49.8 Å².